The lowest BCUT2D eigenvalue weighted by atomic mass is 9.70. The molecule has 4 atom stereocenters. The quantitative estimate of drug-likeness (QED) is 0.380. The van der Waals surface area contributed by atoms with Gasteiger partial charge in [0, 0.05) is 10.8 Å². The van der Waals surface area contributed by atoms with E-state index in [-0.39, 0.29) is 21.7 Å². The molecular formula is C36H44O2. The van der Waals surface area contributed by atoms with Gasteiger partial charge in [-0.1, -0.05) is 101 Å². The van der Waals surface area contributed by atoms with Crippen LogP contribution in [0.2, 0.25) is 0 Å². The number of allylic oxidation sites excluding steroid dienone is 2. The van der Waals surface area contributed by atoms with Gasteiger partial charge in [0.2, 0.25) is 0 Å². The van der Waals surface area contributed by atoms with E-state index in [1.807, 2.05) is 0 Å². The Labute approximate surface area is 229 Å². The van der Waals surface area contributed by atoms with Crippen molar-refractivity contribution < 1.29 is 9.59 Å². The van der Waals surface area contributed by atoms with E-state index in [1.54, 1.807) is 0 Å². The predicted molar refractivity (Wildman–Crippen MR) is 158 cm³/mol. The fraction of sp³-hybridized carbons (Fsp3) is 0.500. The zero-order chi connectivity index (χ0) is 27.7. The maximum absolute atomic E-state index is 12.7. The van der Waals surface area contributed by atoms with Gasteiger partial charge in [-0.15, -0.1) is 0 Å². The van der Waals surface area contributed by atoms with Gasteiger partial charge in [-0.2, -0.15) is 0 Å². The second-order valence-electron chi connectivity index (χ2n) is 14.0. The van der Waals surface area contributed by atoms with Crippen molar-refractivity contribution in [3.05, 3.63) is 81.9 Å². The second kappa shape index (κ2) is 8.90. The number of benzene rings is 2. The third-order valence-corrected chi connectivity index (χ3v) is 11.5. The van der Waals surface area contributed by atoms with Crippen molar-refractivity contribution in [1.82, 2.24) is 0 Å². The van der Waals surface area contributed by atoms with E-state index in [1.165, 1.54) is 11.1 Å². The molecule has 0 spiro atoms. The average molecular weight is 509 g/mol. The molecule has 0 aromatic heterocycles. The molecule has 0 N–H and O–H groups in total. The van der Waals surface area contributed by atoms with E-state index in [9.17, 15) is 9.59 Å². The van der Waals surface area contributed by atoms with Crippen LogP contribution < -0.4 is 0 Å². The van der Waals surface area contributed by atoms with Gasteiger partial charge in [-0.05, 0) is 96.6 Å². The first-order chi connectivity index (χ1) is 17.7. The highest BCUT2D eigenvalue weighted by atomic mass is 16.1. The van der Waals surface area contributed by atoms with Gasteiger partial charge in [0.05, 0.1) is 0 Å². The normalized spacial score (nSPS) is 34.2. The Bertz CT molecular complexity index is 1230. The molecule has 4 aliphatic rings. The van der Waals surface area contributed by atoms with Crippen molar-refractivity contribution in [1.29, 1.82) is 0 Å². The van der Waals surface area contributed by atoms with Crippen LogP contribution >= 0.6 is 0 Å². The summed E-state index contributed by atoms with van der Waals surface area (Å²) in [4.78, 5) is 25.4. The molecule has 200 valence electrons. The van der Waals surface area contributed by atoms with E-state index in [4.69, 9.17) is 0 Å². The summed E-state index contributed by atoms with van der Waals surface area (Å²) < 4.78 is 0. The van der Waals surface area contributed by atoms with Crippen LogP contribution in [0.3, 0.4) is 0 Å². The summed E-state index contributed by atoms with van der Waals surface area (Å²) in [5.41, 5.74) is 6.87. The monoisotopic (exact) mass is 508 g/mol. The van der Waals surface area contributed by atoms with Crippen LogP contribution in [0, 0.1) is 47.3 Å². The summed E-state index contributed by atoms with van der Waals surface area (Å²) >= 11 is 0. The maximum Gasteiger partial charge on any atom is 0.165 e. The second-order valence-corrected chi connectivity index (χ2v) is 14.0. The van der Waals surface area contributed by atoms with Crippen LogP contribution in [-0.4, -0.2) is 11.6 Å². The van der Waals surface area contributed by atoms with Gasteiger partial charge in [0.15, 0.2) is 11.6 Å². The van der Waals surface area contributed by atoms with Crippen LogP contribution in [-0.2, 0) is 9.59 Å². The Morgan fingerprint density at radius 3 is 1.16 bits per heavy atom. The zero-order valence-electron chi connectivity index (χ0n) is 24.6. The van der Waals surface area contributed by atoms with Crippen LogP contribution in [0.1, 0.15) is 89.5 Å². The maximum atomic E-state index is 12.7. The van der Waals surface area contributed by atoms with E-state index in [0.29, 0.717) is 23.4 Å². The number of fused-ring (bicyclic) bond motifs is 4. The minimum absolute atomic E-state index is 0.112. The lowest BCUT2D eigenvalue weighted by Gasteiger charge is -2.31. The van der Waals surface area contributed by atoms with Crippen molar-refractivity contribution in [2.24, 2.45) is 33.5 Å². The Kier molecular flexibility index (Phi) is 6.29. The first-order valence-electron chi connectivity index (χ1n) is 14.4. The summed E-state index contributed by atoms with van der Waals surface area (Å²) in [5, 5.41) is 0. The highest BCUT2D eigenvalue weighted by molar-refractivity contribution is 6.08. The van der Waals surface area contributed by atoms with Crippen LogP contribution in [0.15, 0.2) is 59.7 Å². The standard InChI is InChI=1S/2C18H22O/c2*1-12-5-7-13(8-6-12)11-14-15-9-10-18(4,16(14)19)17(15,2)3/h2*5-8,11,15H,9-10H2,1-4H3/b2*14-11+. The first-order valence-corrected chi connectivity index (χ1v) is 14.4. The molecule has 0 aliphatic heterocycles. The third kappa shape index (κ3) is 3.81. The minimum Gasteiger partial charge on any atom is -0.294 e. The van der Waals surface area contributed by atoms with Crippen molar-refractivity contribution in [2.75, 3.05) is 0 Å². The fourth-order valence-corrected chi connectivity index (χ4v) is 7.87. The topological polar surface area (TPSA) is 34.1 Å². The summed E-state index contributed by atoms with van der Waals surface area (Å²) in [6.45, 7) is 17.5. The Morgan fingerprint density at radius 1 is 0.579 bits per heavy atom. The molecular weight excluding hydrogens is 464 g/mol. The zero-order valence-corrected chi connectivity index (χ0v) is 24.6. The molecule has 2 heteroatoms. The van der Waals surface area contributed by atoms with Gasteiger partial charge < -0.3 is 0 Å². The molecule has 4 fully saturated rings. The van der Waals surface area contributed by atoms with Crippen molar-refractivity contribution in [2.45, 2.75) is 81.1 Å². The molecule has 38 heavy (non-hydrogen) atoms. The molecule has 0 radical (unpaired) electrons. The summed E-state index contributed by atoms with van der Waals surface area (Å²) in [6.07, 6.45) is 8.67. The molecule has 2 aromatic carbocycles. The largest absolute Gasteiger partial charge is 0.294 e. The van der Waals surface area contributed by atoms with Crippen molar-refractivity contribution in [3.63, 3.8) is 0 Å². The Balaban J connectivity index is 0.000000155. The Morgan fingerprint density at radius 2 is 0.895 bits per heavy atom. The number of aryl methyl sites for hydroxylation is 2. The molecule has 6 rings (SSSR count). The number of rotatable bonds is 2. The summed E-state index contributed by atoms with van der Waals surface area (Å²) in [5.74, 6) is 1.64. The summed E-state index contributed by atoms with van der Waals surface area (Å²) in [7, 11) is 0. The highest BCUT2D eigenvalue weighted by Gasteiger charge is 2.64. The van der Waals surface area contributed by atoms with Crippen molar-refractivity contribution >= 4 is 23.7 Å². The molecule has 0 saturated heterocycles. The molecule has 4 aliphatic carbocycles. The van der Waals surface area contributed by atoms with Crippen molar-refractivity contribution in [3.8, 4) is 0 Å². The van der Waals surface area contributed by atoms with Crippen LogP contribution in [0.5, 0.6) is 0 Å². The number of carbonyl (C=O) groups excluding carboxylic acids is 2. The Hall–Kier alpha value is -2.74. The molecule has 4 bridgehead atoms. The molecule has 4 saturated carbocycles. The van der Waals surface area contributed by atoms with E-state index >= 15 is 0 Å². The number of Topliss-reactive ketones (excluding diaryl/α,β-unsaturated/α-hetero) is 2. The number of carbonyl (C=O) groups is 2. The van der Waals surface area contributed by atoms with Gasteiger partial charge >= 0.3 is 0 Å². The van der Waals surface area contributed by atoms with Crippen LogP contribution in [0.4, 0.5) is 0 Å². The smallest absolute Gasteiger partial charge is 0.165 e. The molecule has 4 unspecified atom stereocenters. The predicted octanol–water partition coefficient (Wildman–Crippen LogP) is 8.81. The number of hydrogen-bond donors (Lipinski definition) is 0. The van der Waals surface area contributed by atoms with E-state index in [0.717, 1.165) is 48.0 Å². The summed E-state index contributed by atoms with van der Waals surface area (Å²) in [6, 6.07) is 16.9. The van der Waals surface area contributed by atoms with Gasteiger partial charge in [-0.25, -0.2) is 0 Å². The van der Waals surface area contributed by atoms with Gasteiger partial charge in [0.25, 0.3) is 0 Å². The molecule has 0 amide bonds. The minimum atomic E-state index is -0.145. The SMILES string of the molecule is Cc1ccc(/C=C2/C(=O)C3(C)CCC2C3(C)C)cc1.Cc1ccc(/C=C2/C(=O)C3(C)CCC2C3(C)C)cc1. The lowest BCUT2D eigenvalue weighted by Crippen LogP contribution is -2.32. The van der Waals surface area contributed by atoms with E-state index in [2.05, 4.69) is 116 Å². The molecule has 2 aromatic rings. The van der Waals surface area contributed by atoms with Gasteiger partial charge in [0.1, 0.15) is 0 Å². The molecule has 0 heterocycles. The van der Waals surface area contributed by atoms with Crippen LogP contribution in [0.25, 0.3) is 12.2 Å². The van der Waals surface area contributed by atoms with Gasteiger partial charge in [-0.3, -0.25) is 9.59 Å². The average Bonchev–Trinajstić information content (AvgIpc) is 3.35. The third-order valence-electron chi connectivity index (χ3n) is 11.5. The molecule has 2 nitrogen and oxygen atoms in total. The lowest BCUT2D eigenvalue weighted by molar-refractivity contribution is -0.126. The van der Waals surface area contributed by atoms with E-state index < -0.39 is 0 Å². The fourth-order valence-electron chi connectivity index (χ4n) is 7.87. The number of hydrogen-bond acceptors (Lipinski definition) is 2. The first kappa shape index (κ1) is 26.9. The number of ketones is 2. The highest BCUT2D eigenvalue weighted by Crippen LogP contribution is 2.66.